The summed E-state index contributed by atoms with van der Waals surface area (Å²) in [6, 6.07) is 11.0. The number of benzene rings is 1. The molecule has 2 heterocycles. The SMILES string of the molecule is CCC[C@H]1[C@@H](c2ccc(C)cc2)C[C@@H]2CC[C@H]1N2C. The molecule has 2 bridgehead atoms. The highest BCUT2D eigenvalue weighted by atomic mass is 15.2. The van der Waals surface area contributed by atoms with Gasteiger partial charge in [0.05, 0.1) is 0 Å². The first-order valence-electron chi connectivity index (χ1n) is 7.99. The summed E-state index contributed by atoms with van der Waals surface area (Å²) in [4.78, 5) is 2.69. The standard InChI is InChI=1S/C18H27N/c1-4-5-16-17(14-8-6-13(2)7-9-14)12-15-10-11-18(16)19(15)3/h6-9,15-18H,4-5,10-12H2,1-3H3/t15-,16-,17+,18+/m0/s1. The van der Waals surface area contributed by atoms with E-state index in [1.807, 2.05) is 0 Å². The van der Waals surface area contributed by atoms with E-state index in [0.29, 0.717) is 0 Å². The third-order valence-corrected chi connectivity index (χ3v) is 5.56. The molecule has 3 rings (SSSR count). The molecule has 19 heavy (non-hydrogen) atoms. The maximum atomic E-state index is 2.69. The molecular weight excluding hydrogens is 230 g/mol. The summed E-state index contributed by atoms with van der Waals surface area (Å²) in [6.45, 7) is 4.53. The molecule has 0 amide bonds. The number of fused-ring (bicyclic) bond motifs is 2. The molecule has 2 saturated heterocycles. The third-order valence-electron chi connectivity index (χ3n) is 5.56. The first kappa shape index (κ1) is 13.2. The molecule has 2 fully saturated rings. The quantitative estimate of drug-likeness (QED) is 0.777. The molecule has 0 saturated carbocycles. The third kappa shape index (κ3) is 2.33. The molecule has 1 heteroatoms. The van der Waals surface area contributed by atoms with Crippen molar-refractivity contribution in [2.24, 2.45) is 5.92 Å². The van der Waals surface area contributed by atoms with E-state index >= 15 is 0 Å². The molecule has 0 unspecified atom stereocenters. The van der Waals surface area contributed by atoms with Gasteiger partial charge >= 0.3 is 0 Å². The fraction of sp³-hybridized carbons (Fsp3) is 0.667. The predicted octanol–water partition coefficient (Wildman–Crippen LogP) is 4.36. The van der Waals surface area contributed by atoms with E-state index in [9.17, 15) is 0 Å². The summed E-state index contributed by atoms with van der Waals surface area (Å²) < 4.78 is 0. The summed E-state index contributed by atoms with van der Waals surface area (Å²) in [5, 5.41) is 0. The number of rotatable bonds is 3. The van der Waals surface area contributed by atoms with Crippen LogP contribution < -0.4 is 0 Å². The zero-order chi connectivity index (χ0) is 13.4. The Hall–Kier alpha value is -0.820. The van der Waals surface area contributed by atoms with Gasteiger partial charge in [0.15, 0.2) is 0 Å². The molecule has 1 aromatic rings. The maximum absolute atomic E-state index is 2.69. The largest absolute Gasteiger partial charge is 0.300 e. The first-order valence-corrected chi connectivity index (χ1v) is 7.99. The van der Waals surface area contributed by atoms with Crippen molar-refractivity contribution < 1.29 is 0 Å². The zero-order valence-corrected chi connectivity index (χ0v) is 12.6. The molecule has 0 aliphatic carbocycles. The summed E-state index contributed by atoms with van der Waals surface area (Å²) >= 11 is 0. The van der Waals surface area contributed by atoms with Crippen LogP contribution in [0, 0.1) is 12.8 Å². The van der Waals surface area contributed by atoms with Crippen molar-refractivity contribution in [1.82, 2.24) is 4.90 Å². The molecule has 0 radical (unpaired) electrons. The lowest BCUT2D eigenvalue weighted by Crippen LogP contribution is -2.45. The minimum atomic E-state index is 0.800. The first-order chi connectivity index (χ1) is 9.20. The molecule has 2 aliphatic rings. The number of hydrogen-bond acceptors (Lipinski definition) is 1. The zero-order valence-electron chi connectivity index (χ0n) is 12.6. The van der Waals surface area contributed by atoms with Crippen LogP contribution in [0.25, 0.3) is 0 Å². The van der Waals surface area contributed by atoms with Gasteiger partial charge in [-0.15, -0.1) is 0 Å². The van der Waals surface area contributed by atoms with E-state index in [4.69, 9.17) is 0 Å². The highest BCUT2D eigenvalue weighted by molar-refractivity contribution is 5.27. The molecule has 2 aliphatic heterocycles. The fourth-order valence-electron chi connectivity index (χ4n) is 4.50. The van der Waals surface area contributed by atoms with Crippen molar-refractivity contribution in [2.75, 3.05) is 7.05 Å². The van der Waals surface area contributed by atoms with Crippen LogP contribution in [0.2, 0.25) is 0 Å². The van der Waals surface area contributed by atoms with Crippen molar-refractivity contribution >= 4 is 0 Å². The van der Waals surface area contributed by atoms with Gasteiger partial charge in [-0.1, -0.05) is 43.2 Å². The molecule has 104 valence electrons. The van der Waals surface area contributed by atoms with Crippen molar-refractivity contribution in [1.29, 1.82) is 0 Å². The molecule has 1 nitrogen and oxygen atoms in total. The van der Waals surface area contributed by atoms with Crippen LogP contribution in [-0.2, 0) is 0 Å². The highest BCUT2D eigenvalue weighted by Gasteiger charge is 2.45. The monoisotopic (exact) mass is 257 g/mol. The summed E-state index contributed by atoms with van der Waals surface area (Å²) in [7, 11) is 2.36. The van der Waals surface area contributed by atoms with Gasteiger partial charge in [0.1, 0.15) is 0 Å². The predicted molar refractivity (Wildman–Crippen MR) is 81.5 cm³/mol. The average molecular weight is 257 g/mol. The minimum Gasteiger partial charge on any atom is -0.300 e. The Morgan fingerprint density at radius 2 is 1.89 bits per heavy atom. The van der Waals surface area contributed by atoms with Gasteiger partial charge in [-0.2, -0.15) is 0 Å². The van der Waals surface area contributed by atoms with Gasteiger partial charge in [0, 0.05) is 12.1 Å². The number of piperidine rings is 1. The molecule has 0 spiro atoms. The second kappa shape index (κ2) is 5.28. The Morgan fingerprint density at radius 3 is 2.58 bits per heavy atom. The van der Waals surface area contributed by atoms with Crippen LogP contribution in [-0.4, -0.2) is 24.0 Å². The lowest BCUT2D eigenvalue weighted by molar-refractivity contribution is 0.0940. The Bertz CT molecular complexity index is 422. The molecule has 0 aromatic heterocycles. The topological polar surface area (TPSA) is 3.24 Å². The van der Waals surface area contributed by atoms with E-state index in [-0.39, 0.29) is 0 Å². The van der Waals surface area contributed by atoms with E-state index < -0.39 is 0 Å². The van der Waals surface area contributed by atoms with Crippen molar-refractivity contribution in [3.8, 4) is 0 Å². The van der Waals surface area contributed by atoms with Gasteiger partial charge in [-0.3, -0.25) is 0 Å². The van der Waals surface area contributed by atoms with E-state index in [0.717, 1.165) is 23.9 Å². The van der Waals surface area contributed by atoms with E-state index in [2.05, 4.69) is 50.1 Å². The summed E-state index contributed by atoms with van der Waals surface area (Å²) in [5.74, 6) is 1.67. The lowest BCUT2D eigenvalue weighted by Gasteiger charge is -2.43. The molecule has 0 N–H and O–H groups in total. The second-order valence-corrected chi connectivity index (χ2v) is 6.67. The van der Waals surface area contributed by atoms with Crippen LogP contribution in [0.5, 0.6) is 0 Å². The fourth-order valence-corrected chi connectivity index (χ4v) is 4.50. The Kier molecular flexibility index (Phi) is 3.66. The summed E-state index contributed by atoms with van der Waals surface area (Å²) in [6.07, 6.45) is 6.93. The molecular formula is C18H27N. The van der Waals surface area contributed by atoms with Gasteiger partial charge in [0.25, 0.3) is 0 Å². The second-order valence-electron chi connectivity index (χ2n) is 6.67. The minimum absolute atomic E-state index is 0.800. The lowest BCUT2D eigenvalue weighted by atomic mass is 9.74. The van der Waals surface area contributed by atoms with E-state index in [1.165, 1.54) is 37.7 Å². The number of aryl methyl sites for hydroxylation is 1. The van der Waals surface area contributed by atoms with Crippen LogP contribution >= 0.6 is 0 Å². The van der Waals surface area contributed by atoms with E-state index in [1.54, 1.807) is 5.56 Å². The van der Waals surface area contributed by atoms with Gasteiger partial charge in [0.2, 0.25) is 0 Å². The Morgan fingerprint density at radius 1 is 1.16 bits per heavy atom. The summed E-state index contributed by atoms with van der Waals surface area (Å²) in [5.41, 5.74) is 2.97. The normalized spacial score (nSPS) is 34.7. The number of hydrogen-bond donors (Lipinski definition) is 0. The van der Waals surface area contributed by atoms with Gasteiger partial charge < -0.3 is 4.90 Å². The van der Waals surface area contributed by atoms with Crippen molar-refractivity contribution in [2.45, 2.75) is 64.0 Å². The average Bonchev–Trinajstić information content (AvgIpc) is 2.65. The highest BCUT2D eigenvalue weighted by Crippen LogP contribution is 2.47. The number of nitrogens with zero attached hydrogens (tertiary/aromatic N) is 1. The van der Waals surface area contributed by atoms with Gasteiger partial charge in [-0.05, 0) is 57.1 Å². The van der Waals surface area contributed by atoms with Crippen LogP contribution in [0.4, 0.5) is 0 Å². The van der Waals surface area contributed by atoms with Crippen molar-refractivity contribution in [3.63, 3.8) is 0 Å². The van der Waals surface area contributed by atoms with Gasteiger partial charge in [-0.25, -0.2) is 0 Å². The van der Waals surface area contributed by atoms with Crippen LogP contribution in [0.15, 0.2) is 24.3 Å². The van der Waals surface area contributed by atoms with Crippen LogP contribution in [0.1, 0.15) is 56.1 Å². The Labute approximate surface area is 118 Å². The smallest absolute Gasteiger partial charge is 0.0130 e. The van der Waals surface area contributed by atoms with Crippen LogP contribution in [0.3, 0.4) is 0 Å². The Balaban J connectivity index is 1.88. The molecule has 1 aromatic carbocycles. The maximum Gasteiger partial charge on any atom is 0.0130 e. The molecule has 4 atom stereocenters. The van der Waals surface area contributed by atoms with Crippen molar-refractivity contribution in [3.05, 3.63) is 35.4 Å².